The number of hydrogen-bond acceptors (Lipinski definition) is 3. The number of benzene rings is 1. The zero-order valence-corrected chi connectivity index (χ0v) is 14.6. The highest BCUT2D eigenvalue weighted by Gasteiger charge is 2.43. The monoisotopic (exact) mass is 337 g/mol. The normalized spacial score (nSPS) is 18.4. The Bertz CT molecular complexity index is 961. The number of rotatable bonds is 3. The molecule has 2 aliphatic rings. The first-order chi connectivity index (χ1) is 11.4. The summed E-state index contributed by atoms with van der Waals surface area (Å²) in [6.45, 7) is 2.08. The fourth-order valence-corrected chi connectivity index (χ4v) is 3.73. The number of aryl methyl sites for hydroxylation is 1. The minimum atomic E-state index is -3.27. The quantitative estimate of drug-likeness (QED) is 0.849. The second kappa shape index (κ2) is 5.15. The van der Waals surface area contributed by atoms with Gasteiger partial charge in [0.05, 0.1) is 0 Å². The number of pyridine rings is 1. The lowest BCUT2D eigenvalue weighted by molar-refractivity contribution is 0.598. The van der Waals surface area contributed by atoms with Gasteiger partial charge in [-0.3, -0.25) is 0 Å². The van der Waals surface area contributed by atoms with E-state index in [0.29, 0.717) is 0 Å². The van der Waals surface area contributed by atoms with Crippen molar-refractivity contribution in [2.45, 2.75) is 24.8 Å². The van der Waals surface area contributed by atoms with E-state index in [0.717, 1.165) is 11.1 Å². The van der Waals surface area contributed by atoms with E-state index in [1.807, 2.05) is 6.07 Å². The van der Waals surface area contributed by atoms with Crippen molar-refractivity contribution in [3.05, 3.63) is 71.4 Å². The molecule has 0 atom stereocenters. The molecule has 4 heteroatoms. The Labute approximate surface area is 142 Å². The molecule has 1 aromatic carbocycles. The summed E-state index contributed by atoms with van der Waals surface area (Å²) >= 11 is 0. The van der Waals surface area contributed by atoms with Gasteiger partial charge in [0.2, 0.25) is 0 Å². The van der Waals surface area contributed by atoms with Crippen molar-refractivity contribution < 1.29 is 8.42 Å². The smallest absolute Gasteiger partial charge is 0.192 e. The lowest BCUT2D eigenvalue weighted by Crippen LogP contribution is -2.00. The molecular weight excluding hydrogens is 318 g/mol. The molecular formula is C20H19NO2S. The van der Waals surface area contributed by atoms with Gasteiger partial charge in [-0.15, -0.1) is 0 Å². The molecule has 1 aromatic heterocycles. The predicted octanol–water partition coefficient (Wildman–Crippen LogP) is 4.05. The largest absolute Gasteiger partial charge is 0.244 e. The Balaban J connectivity index is 1.76. The summed E-state index contributed by atoms with van der Waals surface area (Å²) in [6.07, 6.45) is 9.89. The summed E-state index contributed by atoms with van der Waals surface area (Å²) in [6, 6.07) is 12.0. The topological polar surface area (TPSA) is 47.0 Å². The number of nitrogens with zero attached hydrogens (tertiary/aromatic N) is 1. The van der Waals surface area contributed by atoms with Crippen LogP contribution in [0.5, 0.6) is 0 Å². The fourth-order valence-electron chi connectivity index (χ4n) is 3.17. The molecule has 2 aliphatic carbocycles. The Morgan fingerprint density at radius 3 is 2.00 bits per heavy atom. The maximum atomic E-state index is 11.6. The summed E-state index contributed by atoms with van der Waals surface area (Å²) in [5.74, 6) is 0. The SMILES string of the molecule is Cc1ccc(C2=CC3(C=C2c2ccc(S(C)(=O)=O)nc2)CC3)cc1. The van der Waals surface area contributed by atoms with E-state index >= 15 is 0 Å². The van der Waals surface area contributed by atoms with E-state index < -0.39 is 9.84 Å². The van der Waals surface area contributed by atoms with Crippen molar-refractivity contribution in [1.29, 1.82) is 0 Å². The highest BCUT2D eigenvalue weighted by Crippen LogP contribution is 2.57. The van der Waals surface area contributed by atoms with Gasteiger partial charge in [-0.05, 0) is 48.6 Å². The molecule has 4 rings (SSSR count). The van der Waals surface area contributed by atoms with E-state index in [-0.39, 0.29) is 10.4 Å². The summed E-state index contributed by atoms with van der Waals surface area (Å²) < 4.78 is 23.2. The van der Waals surface area contributed by atoms with Gasteiger partial charge in [-0.25, -0.2) is 13.4 Å². The van der Waals surface area contributed by atoms with Crippen LogP contribution in [0.1, 0.15) is 29.5 Å². The molecule has 2 aromatic rings. The first kappa shape index (κ1) is 15.3. The highest BCUT2D eigenvalue weighted by atomic mass is 32.2. The first-order valence-corrected chi connectivity index (χ1v) is 9.95. The summed E-state index contributed by atoms with van der Waals surface area (Å²) in [5, 5.41) is 0.117. The third-order valence-electron chi connectivity index (χ3n) is 4.77. The van der Waals surface area contributed by atoms with E-state index in [1.54, 1.807) is 12.3 Å². The molecule has 122 valence electrons. The Morgan fingerprint density at radius 1 is 0.917 bits per heavy atom. The average molecular weight is 337 g/mol. The van der Waals surface area contributed by atoms with Crippen LogP contribution in [0.2, 0.25) is 0 Å². The average Bonchev–Trinajstić information content (AvgIpc) is 3.19. The van der Waals surface area contributed by atoms with Gasteiger partial charge < -0.3 is 0 Å². The van der Waals surface area contributed by atoms with Gasteiger partial charge in [-0.1, -0.05) is 42.0 Å². The van der Waals surface area contributed by atoms with Gasteiger partial charge in [0.25, 0.3) is 0 Å². The Morgan fingerprint density at radius 2 is 1.50 bits per heavy atom. The molecule has 1 saturated carbocycles. The third-order valence-corrected chi connectivity index (χ3v) is 5.77. The fraction of sp³-hybridized carbons (Fsp3) is 0.250. The van der Waals surface area contributed by atoms with Gasteiger partial charge in [0.1, 0.15) is 0 Å². The molecule has 0 radical (unpaired) electrons. The molecule has 1 fully saturated rings. The van der Waals surface area contributed by atoms with Crippen molar-refractivity contribution >= 4 is 21.0 Å². The second-order valence-corrected chi connectivity index (χ2v) is 8.84. The van der Waals surface area contributed by atoms with E-state index in [4.69, 9.17) is 0 Å². The summed E-state index contributed by atoms with van der Waals surface area (Å²) in [4.78, 5) is 4.15. The van der Waals surface area contributed by atoms with Crippen LogP contribution >= 0.6 is 0 Å². The maximum Gasteiger partial charge on any atom is 0.192 e. The Kier molecular flexibility index (Phi) is 3.29. The van der Waals surface area contributed by atoms with Crippen molar-refractivity contribution in [3.63, 3.8) is 0 Å². The lowest BCUT2D eigenvalue weighted by atomic mass is 9.95. The molecule has 1 spiro atoms. The van der Waals surface area contributed by atoms with Crippen molar-refractivity contribution in [2.24, 2.45) is 5.41 Å². The van der Waals surface area contributed by atoms with Crippen LogP contribution in [-0.4, -0.2) is 19.7 Å². The van der Waals surface area contributed by atoms with Crippen LogP contribution in [-0.2, 0) is 9.84 Å². The molecule has 0 amide bonds. The van der Waals surface area contributed by atoms with Crippen LogP contribution in [0.3, 0.4) is 0 Å². The zero-order chi connectivity index (χ0) is 16.9. The second-order valence-electron chi connectivity index (χ2n) is 6.87. The molecule has 24 heavy (non-hydrogen) atoms. The van der Waals surface area contributed by atoms with Crippen LogP contribution < -0.4 is 0 Å². The van der Waals surface area contributed by atoms with Crippen LogP contribution in [0, 0.1) is 12.3 Å². The lowest BCUT2D eigenvalue weighted by Gasteiger charge is -2.10. The number of sulfone groups is 1. The number of hydrogen-bond donors (Lipinski definition) is 0. The molecule has 0 N–H and O–H groups in total. The molecule has 0 bridgehead atoms. The summed E-state index contributed by atoms with van der Waals surface area (Å²) in [5.41, 5.74) is 5.99. The standard InChI is InChI=1S/C20H19NO2S/c1-14-3-5-15(6-4-14)17-11-20(9-10-20)12-18(17)16-7-8-19(21-13-16)24(2,22)23/h3-8,11-13H,9-10H2,1-2H3. The Hall–Kier alpha value is -2.20. The third kappa shape index (κ3) is 2.71. The van der Waals surface area contributed by atoms with Crippen LogP contribution in [0.4, 0.5) is 0 Å². The minimum absolute atomic E-state index is 0.117. The maximum absolute atomic E-state index is 11.6. The number of aromatic nitrogens is 1. The highest BCUT2D eigenvalue weighted by molar-refractivity contribution is 7.90. The molecule has 0 aliphatic heterocycles. The predicted molar refractivity (Wildman–Crippen MR) is 96.1 cm³/mol. The van der Waals surface area contributed by atoms with Crippen molar-refractivity contribution in [1.82, 2.24) is 4.98 Å². The van der Waals surface area contributed by atoms with Gasteiger partial charge in [0, 0.05) is 23.4 Å². The van der Waals surface area contributed by atoms with Crippen molar-refractivity contribution in [2.75, 3.05) is 6.26 Å². The molecule has 0 unspecified atom stereocenters. The van der Waals surface area contributed by atoms with E-state index in [1.165, 1.54) is 35.8 Å². The minimum Gasteiger partial charge on any atom is -0.244 e. The first-order valence-electron chi connectivity index (χ1n) is 8.06. The molecule has 0 saturated heterocycles. The van der Waals surface area contributed by atoms with Crippen molar-refractivity contribution in [3.8, 4) is 0 Å². The van der Waals surface area contributed by atoms with Crippen LogP contribution in [0.15, 0.2) is 59.8 Å². The zero-order valence-electron chi connectivity index (χ0n) is 13.8. The summed E-state index contributed by atoms with van der Waals surface area (Å²) in [7, 11) is -3.27. The molecule has 1 heterocycles. The number of allylic oxidation sites excluding steroid dienone is 4. The van der Waals surface area contributed by atoms with Crippen LogP contribution in [0.25, 0.3) is 11.1 Å². The van der Waals surface area contributed by atoms with Gasteiger partial charge >= 0.3 is 0 Å². The van der Waals surface area contributed by atoms with E-state index in [2.05, 4.69) is 48.3 Å². The van der Waals surface area contributed by atoms with E-state index in [9.17, 15) is 8.42 Å². The van der Waals surface area contributed by atoms with Gasteiger partial charge in [0.15, 0.2) is 14.9 Å². The molecule has 3 nitrogen and oxygen atoms in total. The van der Waals surface area contributed by atoms with Gasteiger partial charge in [-0.2, -0.15) is 0 Å².